The van der Waals surface area contributed by atoms with E-state index in [9.17, 15) is 14.0 Å². The zero-order valence-electron chi connectivity index (χ0n) is 15.1. The smallest absolute Gasteiger partial charge is 0.265 e. The molecule has 2 heterocycles. The van der Waals surface area contributed by atoms with E-state index < -0.39 is 11.7 Å². The van der Waals surface area contributed by atoms with Crippen LogP contribution in [0.2, 0.25) is 0 Å². The average Bonchev–Trinajstić information content (AvgIpc) is 3.18. The number of amides is 2. The maximum Gasteiger partial charge on any atom is 0.265 e. The number of rotatable bonds is 4. The van der Waals surface area contributed by atoms with Crippen molar-refractivity contribution >= 4 is 44.8 Å². The third-order valence-electron chi connectivity index (χ3n) is 4.80. The van der Waals surface area contributed by atoms with Gasteiger partial charge in [0.1, 0.15) is 18.1 Å². The summed E-state index contributed by atoms with van der Waals surface area (Å²) >= 11 is 3.36. The Labute approximate surface area is 170 Å². The first-order valence-corrected chi connectivity index (χ1v) is 9.87. The van der Waals surface area contributed by atoms with Crippen molar-refractivity contribution in [3.63, 3.8) is 0 Å². The fourth-order valence-electron chi connectivity index (χ4n) is 3.50. The number of nitrogens with one attached hydrogen (secondary N) is 1. The van der Waals surface area contributed by atoms with E-state index in [1.807, 2.05) is 0 Å². The van der Waals surface area contributed by atoms with Gasteiger partial charge in [0.15, 0.2) is 6.61 Å². The summed E-state index contributed by atoms with van der Waals surface area (Å²) in [7, 11) is 0. The normalized spacial score (nSPS) is 16.0. The van der Waals surface area contributed by atoms with Crippen LogP contribution in [0.25, 0.3) is 0 Å². The molecule has 1 N–H and O–H groups in total. The third kappa shape index (κ3) is 3.96. The molecular formula is C20H19BrFN3O3. The third-order valence-corrected chi connectivity index (χ3v) is 5.30. The number of anilines is 3. The van der Waals surface area contributed by atoms with Gasteiger partial charge in [-0.05, 0) is 49.2 Å². The molecule has 2 aliphatic heterocycles. The van der Waals surface area contributed by atoms with E-state index in [0.29, 0.717) is 17.1 Å². The maximum absolute atomic E-state index is 14.0. The minimum atomic E-state index is -0.405. The molecule has 0 saturated carbocycles. The minimum Gasteiger partial charge on any atom is -0.482 e. The number of carbonyl (C=O) groups is 2. The molecule has 8 heteroatoms. The van der Waals surface area contributed by atoms with Gasteiger partial charge in [0, 0.05) is 28.9 Å². The molecule has 0 spiro atoms. The molecule has 0 unspecified atom stereocenters. The van der Waals surface area contributed by atoms with Crippen molar-refractivity contribution in [1.29, 1.82) is 0 Å². The fraction of sp³-hybridized carbons (Fsp3) is 0.300. The number of hydrogen-bond acceptors (Lipinski definition) is 4. The zero-order valence-corrected chi connectivity index (χ0v) is 16.7. The first-order valence-electron chi connectivity index (χ1n) is 9.08. The van der Waals surface area contributed by atoms with Gasteiger partial charge in [-0.25, -0.2) is 4.39 Å². The van der Waals surface area contributed by atoms with Gasteiger partial charge in [0.2, 0.25) is 5.91 Å². The number of hydrogen-bond donors (Lipinski definition) is 1. The highest BCUT2D eigenvalue weighted by molar-refractivity contribution is 9.10. The van der Waals surface area contributed by atoms with Crippen LogP contribution in [-0.2, 0) is 9.59 Å². The fourth-order valence-corrected chi connectivity index (χ4v) is 3.84. The van der Waals surface area contributed by atoms with E-state index in [0.717, 1.165) is 36.1 Å². The molecule has 0 bridgehead atoms. The lowest BCUT2D eigenvalue weighted by molar-refractivity contribution is -0.123. The van der Waals surface area contributed by atoms with Gasteiger partial charge in [0.25, 0.3) is 5.91 Å². The highest BCUT2D eigenvalue weighted by atomic mass is 79.9. The number of nitrogens with zero attached hydrogens (tertiary/aromatic N) is 2. The summed E-state index contributed by atoms with van der Waals surface area (Å²) < 4.78 is 20.3. The molecule has 2 amide bonds. The predicted molar refractivity (Wildman–Crippen MR) is 108 cm³/mol. The topological polar surface area (TPSA) is 61.9 Å². The van der Waals surface area contributed by atoms with E-state index in [-0.39, 0.29) is 19.1 Å². The van der Waals surface area contributed by atoms with E-state index in [4.69, 9.17) is 4.74 Å². The Kier molecular flexibility index (Phi) is 5.21. The van der Waals surface area contributed by atoms with Crippen LogP contribution in [0.4, 0.5) is 21.5 Å². The molecule has 1 fully saturated rings. The lowest BCUT2D eigenvalue weighted by Gasteiger charge is -2.29. The first-order chi connectivity index (χ1) is 13.5. The van der Waals surface area contributed by atoms with Crippen molar-refractivity contribution < 1.29 is 18.7 Å². The molecule has 0 atom stereocenters. The van der Waals surface area contributed by atoms with Crippen LogP contribution in [-0.4, -0.2) is 38.1 Å². The SMILES string of the molecule is O=C(CN1C(=O)COc2cc(Br)ccc21)Nc1cc(F)cc(N2CCCC2)c1. The number of halogens is 2. The molecule has 146 valence electrons. The van der Waals surface area contributed by atoms with Crippen LogP contribution in [0.3, 0.4) is 0 Å². The molecule has 0 aliphatic carbocycles. The summed E-state index contributed by atoms with van der Waals surface area (Å²) in [6, 6.07) is 9.77. The Balaban J connectivity index is 1.50. The monoisotopic (exact) mass is 447 g/mol. The van der Waals surface area contributed by atoms with Crippen molar-refractivity contribution in [3.05, 3.63) is 46.7 Å². The number of fused-ring (bicyclic) bond motifs is 1. The van der Waals surface area contributed by atoms with Crippen LogP contribution >= 0.6 is 15.9 Å². The Hall–Kier alpha value is -2.61. The lowest BCUT2D eigenvalue weighted by Crippen LogP contribution is -2.43. The molecule has 1 saturated heterocycles. The maximum atomic E-state index is 14.0. The zero-order chi connectivity index (χ0) is 19.7. The van der Waals surface area contributed by atoms with Gasteiger partial charge in [-0.3, -0.25) is 14.5 Å². The van der Waals surface area contributed by atoms with Crippen LogP contribution in [0.1, 0.15) is 12.8 Å². The van der Waals surface area contributed by atoms with Crippen molar-refractivity contribution in [3.8, 4) is 5.75 Å². The van der Waals surface area contributed by atoms with E-state index in [1.54, 1.807) is 24.3 Å². The molecule has 2 aromatic carbocycles. The van der Waals surface area contributed by atoms with Crippen molar-refractivity contribution in [1.82, 2.24) is 0 Å². The number of benzene rings is 2. The lowest BCUT2D eigenvalue weighted by atomic mass is 10.2. The molecule has 0 radical (unpaired) electrons. The van der Waals surface area contributed by atoms with E-state index >= 15 is 0 Å². The highest BCUT2D eigenvalue weighted by Crippen LogP contribution is 2.34. The largest absolute Gasteiger partial charge is 0.482 e. The summed E-state index contributed by atoms with van der Waals surface area (Å²) in [4.78, 5) is 28.3. The number of ether oxygens (including phenoxy) is 1. The minimum absolute atomic E-state index is 0.129. The molecule has 4 rings (SSSR count). The Morgan fingerprint density at radius 2 is 1.96 bits per heavy atom. The Morgan fingerprint density at radius 1 is 1.18 bits per heavy atom. The quantitative estimate of drug-likeness (QED) is 0.778. The van der Waals surface area contributed by atoms with Crippen molar-refractivity contribution in [2.45, 2.75) is 12.8 Å². The van der Waals surface area contributed by atoms with Gasteiger partial charge < -0.3 is 15.0 Å². The van der Waals surface area contributed by atoms with Crippen LogP contribution in [0, 0.1) is 5.82 Å². The second kappa shape index (κ2) is 7.79. The molecular weight excluding hydrogens is 429 g/mol. The molecule has 2 aliphatic rings. The average molecular weight is 448 g/mol. The molecule has 2 aromatic rings. The second-order valence-corrected chi connectivity index (χ2v) is 7.74. The van der Waals surface area contributed by atoms with Crippen LogP contribution in [0.5, 0.6) is 5.75 Å². The van der Waals surface area contributed by atoms with Crippen LogP contribution in [0.15, 0.2) is 40.9 Å². The molecule has 6 nitrogen and oxygen atoms in total. The van der Waals surface area contributed by atoms with Crippen molar-refractivity contribution in [2.24, 2.45) is 0 Å². The highest BCUT2D eigenvalue weighted by Gasteiger charge is 2.27. The van der Waals surface area contributed by atoms with Gasteiger partial charge in [-0.2, -0.15) is 0 Å². The summed E-state index contributed by atoms with van der Waals surface area (Å²) in [5.41, 5.74) is 1.67. The Bertz CT molecular complexity index is 931. The van der Waals surface area contributed by atoms with Gasteiger partial charge >= 0.3 is 0 Å². The molecule has 28 heavy (non-hydrogen) atoms. The predicted octanol–water partition coefficient (Wildman–Crippen LogP) is 3.55. The molecule has 0 aromatic heterocycles. The summed E-state index contributed by atoms with van der Waals surface area (Å²) in [6.07, 6.45) is 2.15. The second-order valence-electron chi connectivity index (χ2n) is 6.82. The van der Waals surface area contributed by atoms with Crippen molar-refractivity contribution in [2.75, 3.05) is 41.4 Å². The van der Waals surface area contributed by atoms with Gasteiger partial charge in [0.05, 0.1) is 5.69 Å². The number of carbonyl (C=O) groups excluding carboxylic acids is 2. The van der Waals surface area contributed by atoms with E-state index in [2.05, 4.69) is 26.1 Å². The Morgan fingerprint density at radius 3 is 2.75 bits per heavy atom. The van der Waals surface area contributed by atoms with Gasteiger partial charge in [-0.15, -0.1) is 0 Å². The summed E-state index contributed by atoms with van der Waals surface area (Å²) in [5, 5.41) is 2.71. The standard InChI is InChI=1S/C20H19BrFN3O3/c21-13-3-4-17-18(7-13)28-12-20(27)25(17)11-19(26)23-15-8-14(22)9-16(10-15)24-5-1-2-6-24/h3-4,7-10H,1-2,5-6,11-12H2,(H,23,26). The summed E-state index contributed by atoms with van der Waals surface area (Å²) in [5.74, 6) is -0.578. The van der Waals surface area contributed by atoms with E-state index in [1.165, 1.54) is 17.0 Å². The van der Waals surface area contributed by atoms with Gasteiger partial charge in [-0.1, -0.05) is 15.9 Å². The summed E-state index contributed by atoms with van der Waals surface area (Å²) in [6.45, 7) is 1.46. The van der Waals surface area contributed by atoms with Crippen LogP contribution < -0.4 is 19.9 Å². The first kappa shape index (κ1) is 18.7.